The highest BCUT2D eigenvalue weighted by atomic mass is 32.2. The topological polar surface area (TPSA) is 106 Å². The summed E-state index contributed by atoms with van der Waals surface area (Å²) in [5, 5.41) is 2.97. The van der Waals surface area contributed by atoms with Crippen LogP contribution < -0.4 is 20.5 Å². The molecule has 0 atom stereocenters. The van der Waals surface area contributed by atoms with Crippen LogP contribution >= 0.6 is 0 Å². The van der Waals surface area contributed by atoms with E-state index >= 15 is 0 Å². The first-order valence-corrected chi connectivity index (χ1v) is 10.3. The lowest BCUT2D eigenvalue weighted by atomic mass is 10.2. The molecule has 4 N–H and O–H groups in total. The van der Waals surface area contributed by atoms with E-state index in [4.69, 9.17) is 10.5 Å². The number of hydrogen-bond acceptors (Lipinski definition) is 6. The first-order valence-electron chi connectivity index (χ1n) is 8.39. The molecule has 1 heterocycles. The number of anilines is 3. The van der Waals surface area contributed by atoms with E-state index in [0.29, 0.717) is 11.5 Å². The summed E-state index contributed by atoms with van der Waals surface area (Å²) in [5.41, 5.74) is 6.60. The molecular formula is C19H18F2N4O3S. The highest BCUT2D eigenvalue weighted by Crippen LogP contribution is 2.31. The quantitative estimate of drug-likeness (QED) is 0.538. The number of nitrogens with two attached hydrogens (primary N) is 1. The average molecular weight is 420 g/mol. The zero-order valence-corrected chi connectivity index (χ0v) is 16.1. The highest BCUT2D eigenvalue weighted by molar-refractivity contribution is 7.92. The summed E-state index contributed by atoms with van der Waals surface area (Å²) in [5.74, 6) is -1.97. The number of nitrogens with zero attached hydrogens (tertiary/aromatic N) is 1. The van der Waals surface area contributed by atoms with Gasteiger partial charge in [-0.2, -0.15) is 0 Å². The Balaban J connectivity index is 1.81. The summed E-state index contributed by atoms with van der Waals surface area (Å²) in [6.45, 7) is 0.0571. The lowest BCUT2D eigenvalue weighted by molar-refractivity contribution is 0.404. The molecule has 3 rings (SSSR count). The van der Waals surface area contributed by atoms with E-state index in [9.17, 15) is 17.2 Å². The predicted molar refractivity (Wildman–Crippen MR) is 107 cm³/mol. The van der Waals surface area contributed by atoms with Crippen molar-refractivity contribution < 1.29 is 21.9 Å². The fourth-order valence-electron chi connectivity index (χ4n) is 2.51. The molecule has 0 aliphatic carbocycles. The summed E-state index contributed by atoms with van der Waals surface area (Å²) < 4.78 is 59.3. The largest absolute Gasteiger partial charge is 0.451 e. The second kappa shape index (κ2) is 8.31. The van der Waals surface area contributed by atoms with Gasteiger partial charge in [0.05, 0.1) is 11.9 Å². The molecule has 0 saturated carbocycles. The van der Waals surface area contributed by atoms with E-state index in [-0.39, 0.29) is 23.5 Å². The van der Waals surface area contributed by atoms with Crippen LogP contribution in [0.5, 0.6) is 11.5 Å². The van der Waals surface area contributed by atoms with Gasteiger partial charge >= 0.3 is 0 Å². The molecule has 10 heteroatoms. The fraction of sp³-hybridized carbons (Fsp3) is 0.105. The molecule has 0 saturated heterocycles. The summed E-state index contributed by atoms with van der Waals surface area (Å²) in [6.07, 6.45) is 2.50. The summed E-state index contributed by atoms with van der Waals surface area (Å²) in [4.78, 5) is 3.87. The van der Waals surface area contributed by atoms with Crippen LogP contribution in [0, 0.1) is 11.6 Å². The van der Waals surface area contributed by atoms with Crippen molar-refractivity contribution in [2.75, 3.05) is 22.0 Å². The van der Waals surface area contributed by atoms with Gasteiger partial charge in [0.1, 0.15) is 11.6 Å². The van der Waals surface area contributed by atoms with Crippen LogP contribution in [0.25, 0.3) is 0 Å². The van der Waals surface area contributed by atoms with Crippen LogP contribution in [-0.2, 0) is 16.6 Å². The Hall–Kier alpha value is -3.40. The zero-order chi connectivity index (χ0) is 21.0. The van der Waals surface area contributed by atoms with E-state index < -0.39 is 27.4 Å². The summed E-state index contributed by atoms with van der Waals surface area (Å²) in [6, 6.07) is 11.4. The Bertz CT molecular complexity index is 1140. The van der Waals surface area contributed by atoms with E-state index in [2.05, 4.69) is 15.0 Å². The van der Waals surface area contributed by atoms with Gasteiger partial charge in [-0.1, -0.05) is 12.1 Å². The Morgan fingerprint density at radius 2 is 1.90 bits per heavy atom. The molecule has 3 aromatic rings. The van der Waals surface area contributed by atoms with Crippen molar-refractivity contribution in [3.8, 4) is 11.5 Å². The van der Waals surface area contributed by atoms with Gasteiger partial charge in [0, 0.05) is 36.1 Å². The van der Waals surface area contributed by atoms with E-state index in [1.165, 1.54) is 36.5 Å². The molecule has 0 unspecified atom stereocenters. The normalized spacial score (nSPS) is 11.1. The van der Waals surface area contributed by atoms with Crippen LogP contribution in [0.1, 0.15) is 5.56 Å². The third-order valence-electron chi connectivity index (χ3n) is 3.75. The smallest absolute Gasteiger partial charge is 0.229 e. The maximum atomic E-state index is 14.8. The highest BCUT2D eigenvalue weighted by Gasteiger charge is 2.16. The van der Waals surface area contributed by atoms with Crippen LogP contribution in [0.2, 0.25) is 0 Å². The number of rotatable bonds is 7. The van der Waals surface area contributed by atoms with Crippen LogP contribution in [-0.4, -0.2) is 19.7 Å². The third kappa shape index (κ3) is 5.55. The first kappa shape index (κ1) is 20.3. The second-order valence-corrected chi connectivity index (χ2v) is 7.93. The Kier molecular flexibility index (Phi) is 5.83. The number of sulfonamides is 1. The maximum Gasteiger partial charge on any atom is 0.229 e. The molecule has 0 radical (unpaired) electrons. The predicted octanol–water partition coefficient (Wildman–Crippen LogP) is 3.72. The van der Waals surface area contributed by atoms with Crippen LogP contribution in [0.15, 0.2) is 54.7 Å². The van der Waals surface area contributed by atoms with E-state index in [1.807, 2.05) is 0 Å². The van der Waals surface area contributed by atoms with Crippen molar-refractivity contribution in [1.82, 2.24) is 4.98 Å². The van der Waals surface area contributed by atoms with Crippen LogP contribution in [0.3, 0.4) is 0 Å². The fourth-order valence-corrected chi connectivity index (χ4v) is 3.07. The molecule has 1 aromatic heterocycles. The molecule has 29 heavy (non-hydrogen) atoms. The van der Waals surface area contributed by atoms with Gasteiger partial charge in [0.2, 0.25) is 10.0 Å². The molecule has 0 aliphatic rings. The number of ether oxygens (including phenoxy) is 1. The van der Waals surface area contributed by atoms with Gasteiger partial charge in [0.25, 0.3) is 0 Å². The molecule has 152 valence electrons. The zero-order valence-electron chi connectivity index (χ0n) is 15.3. The molecular weight excluding hydrogens is 402 g/mol. The molecule has 0 bridgehead atoms. The van der Waals surface area contributed by atoms with Gasteiger partial charge in [-0.05, 0) is 24.3 Å². The molecule has 0 amide bonds. The van der Waals surface area contributed by atoms with Crippen molar-refractivity contribution in [3.05, 3.63) is 71.9 Å². The second-order valence-electron chi connectivity index (χ2n) is 6.18. The average Bonchev–Trinajstić information content (AvgIpc) is 2.63. The minimum absolute atomic E-state index is 0.0571. The summed E-state index contributed by atoms with van der Waals surface area (Å²) >= 11 is 0. The number of benzene rings is 2. The lowest BCUT2D eigenvalue weighted by Crippen LogP contribution is -2.09. The van der Waals surface area contributed by atoms with Gasteiger partial charge in [-0.3, -0.25) is 4.72 Å². The van der Waals surface area contributed by atoms with Crippen molar-refractivity contribution in [2.45, 2.75) is 6.54 Å². The minimum Gasteiger partial charge on any atom is -0.451 e. The van der Waals surface area contributed by atoms with Gasteiger partial charge in [-0.15, -0.1) is 0 Å². The molecule has 0 fully saturated rings. The van der Waals surface area contributed by atoms with Crippen LogP contribution in [0.4, 0.5) is 26.0 Å². The Morgan fingerprint density at radius 1 is 1.10 bits per heavy atom. The van der Waals surface area contributed by atoms with Gasteiger partial charge < -0.3 is 15.8 Å². The SMILES string of the molecule is CS(=O)(=O)Nc1cccc(Oc2c(F)ccc(CNc3ccnc(N)c3)c2F)c1. The first-order chi connectivity index (χ1) is 13.7. The molecule has 0 aliphatic heterocycles. The lowest BCUT2D eigenvalue weighted by Gasteiger charge is -2.13. The van der Waals surface area contributed by atoms with Crippen molar-refractivity contribution in [1.29, 1.82) is 0 Å². The van der Waals surface area contributed by atoms with Crippen molar-refractivity contribution in [2.24, 2.45) is 0 Å². The number of hydrogen-bond donors (Lipinski definition) is 3. The number of nitrogen functional groups attached to an aromatic ring is 1. The standard InChI is InChI=1S/C19H18F2N4O3S/c1-29(26,27)25-14-3-2-4-15(9-14)28-19-16(20)6-5-12(18(19)21)11-24-13-7-8-23-17(22)10-13/h2-10,25H,11H2,1H3,(H3,22,23,24). The Labute approximate surface area is 166 Å². The third-order valence-corrected chi connectivity index (χ3v) is 4.36. The molecule has 0 spiro atoms. The Morgan fingerprint density at radius 3 is 2.62 bits per heavy atom. The van der Waals surface area contributed by atoms with Gasteiger partial charge in [-0.25, -0.2) is 22.2 Å². The number of pyridine rings is 1. The number of halogens is 2. The van der Waals surface area contributed by atoms with E-state index in [0.717, 1.165) is 12.3 Å². The minimum atomic E-state index is -3.50. The van der Waals surface area contributed by atoms with Crippen molar-refractivity contribution >= 4 is 27.2 Å². The number of aromatic nitrogens is 1. The maximum absolute atomic E-state index is 14.8. The molecule has 7 nitrogen and oxygen atoms in total. The monoisotopic (exact) mass is 420 g/mol. The number of nitrogens with one attached hydrogen (secondary N) is 2. The van der Waals surface area contributed by atoms with Crippen molar-refractivity contribution in [3.63, 3.8) is 0 Å². The summed E-state index contributed by atoms with van der Waals surface area (Å²) in [7, 11) is -3.50. The molecule has 2 aromatic carbocycles. The van der Waals surface area contributed by atoms with Gasteiger partial charge in [0.15, 0.2) is 17.4 Å². The van der Waals surface area contributed by atoms with E-state index in [1.54, 1.807) is 12.1 Å².